The summed E-state index contributed by atoms with van der Waals surface area (Å²) < 4.78 is 5.23. The molecule has 1 aromatic rings. The fourth-order valence-corrected chi connectivity index (χ4v) is 3.59. The van der Waals surface area contributed by atoms with E-state index in [9.17, 15) is 9.59 Å². The van der Waals surface area contributed by atoms with Crippen molar-refractivity contribution >= 4 is 11.7 Å². The van der Waals surface area contributed by atoms with Crippen LogP contribution in [0.3, 0.4) is 0 Å². The molecular weight excluding hydrogens is 268 g/mol. The molecule has 112 valence electrons. The van der Waals surface area contributed by atoms with Gasteiger partial charge in [-0.15, -0.1) is 0 Å². The first-order chi connectivity index (χ1) is 10.2. The predicted molar refractivity (Wildman–Crippen MR) is 77.2 cm³/mol. The van der Waals surface area contributed by atoms with Crippen molar-refractivity contribution in [1.82, 2.24) is 9.88 Å². The smallest absolute Gasteiger partial charge is 0.258 e. The first kappa shape index (κ1) is 14.0. The Hall–Kier alpha value is -1.91. The van der Waals surface area contributed by atoms with E-state index in [2.05, 4.69) is 4.98 Å². The minimum absolute atomic E-state index is 0.0317. The molecule has 0 N–H and O–H groups in total. The van der Waals surface area contributed by atoms with Gasteiger partial charge in [0, 0.05) is 31.1 Å². The second-order valence-electron chi connectivity index (χ2n) is 5.75. The van der Waals surface area contributed by atoms with Crippen LogP contribution in [-0.2, 0) is 4.79 Å². The zero-order valence-corrected chi connectivity index (χ0v) is 12.2. The number of pyridine rings is 1. The van der Waals surface area contributed by atoms with Crippen LogP contribution < -0.4 is 4.74 Å². The second-order valence-corrected chi connectivity index (χ2v) is 5.75. The van der Waals surface area contributed by atoms with Crippen LogP contribution in [0, 0.1) is 5.92 Å². The number of rotatable bonds is 3. The third-order valence-electron chi connectivity index (χ3n) is 4.61. The molecular formula is C16H20N2O3. The highest BCUT2D eigenvalue weighted by molar-refractivity contribution is 5.97. The standard InChI is InChI=1S/C16H20N2O3/c1-21-15-10-17-8-7-12(15)16(20)18-9-3-5-13(18)11-4-2-6-14(11)19/h7-8,10-11,13H,2-6,9H2,1H3. The monoisotopic (exact) mass is 288 g/mol. The second kappa shape index (κ2) is 5.84. The minimum Gasteiger partial charge on any atom is -0.494 e. The zero-order valence-electron chi connectivity index (χ0n) is 12.2. The van der Waals surface area contributed by atoms with Crippen molar-refractivity contribution in [2.75, 3.05) is 13.7 Å². The van der Waals surface area contributed by atoms with Gasteiger partial charge in [-0.3, -0.25) is 14.6 Å². The van der Waals surface area contributed by atoms with Crippen molar-refractivity contribution in [1.29, 1.82) is 0 Å². The van der Waals surface area contributed by atoms with Crippen LogP contribution in [0.2, 0.25) is 0 Å². The molecule has 5 heteroatoms. The molecule has 1 aromatic heterocycles. The highest BCUT2D eigenvalue weighted by Gasteiger charge is 2.40. The summed E-state index contributed by atoms with van der Waals surface area (Å²) in [5.74, 6) is 0.799. The van der Waals surface area contributed by atoms with E-state index >= 15 is 0 Å². The van der Waals surface area contributed by atoms with Crippen molar-refractivity contribution in [3.8, 4) is 5.75 Å². The molecule has 1 amide bonds. The summed E-state index contributed by atoms with van der Waals surface area (Å²) >= 11 is 0. The Balaban J connectivity index is 1.84. The molecule has 0 aromatic carbocycles. The summed E-state index contributed by atoms with van der Waals surface area (Å²) in [6, 6.07) is 1.75. The lowest BCUT2D eigenvalue weighted by atomic mass is 9.94. The molecule has 1 saturated heterocycles. The van der Waals surface area contributed by atoms with Crippen molar-refractivity contribution in [3.63, 3.8) is 0 Å². The quantitative estimate of drug-likeness (QED) is 0.854. The number of likely N-dealkylation sites (tertiary alicyclic amines) is 1. The van der Waals surface area contributed by atoms with Crippen LogP contribution >= 0.6 is 0 Å². The summed E-state index contributed by atoms with van der Waals surface area (Å²) in [5.41, 5.74) is 0.532. The van der Waals surface area contributed by atoms with Crippen LogP contribution in [0.4, 0.5) is 0 Å². The Labute approximate surface area is 124 Å². The topological polar surface area (TPSA) is 59.5 Å². The summed E-state index contributed by atoms with van der Waals surface area (Å²) in [5, 5.41) is 0. The Bertz CT molecular complexity index is 558. The average molecular weight is 288 g/mol. The first-order valence-corrected chi connectivity index (χ1v) is 7.54. The maximum atomic E-state index is 12.8. The molecule has 5 nitrogen and oxygen atoms in total. The lowest BCUT2D eigenvalue weighted by Crippen LogP contribution is -2.41. The van der Waals surface area contributed by atoms with Crippen LogP contribution in [0.25, 0.3) is 0 Å². The van der Waals surface area contributed by atoms with Gasteiger partial charge in [-0.2, -0.15) is 0 Å². The maximum Gasteiger partial charge on any atom is 0.258 e. The number of hydrogen-bond acceptors (Lipinski definition) is 4. The minimum atomic E-state index is -0.0450. The SMILES string of the molecule is COc1cnccc1C(=O)N1CCCC1C1CCCC1=O. The molecule has 1 saturated carbocycles. The lowest BCUT2D eigenvalue weighted by Gasteiger charge is -2.29. The van der Waals surface area contributed by atoms with Crippen LogP contribution in [0.15, 0.2) is 18.5 Å². The molecule has 2 atom stereocenters. The molecule has 1 aliphatic carbocycles. The summed E-state index contributed by atoms with van der Waals surface area (Å²) in [6.07, 6.45) is 7.59. The number of aromatic nitrogens is 1. The van der Waals surface area contributed by atoms with Crippen molar-refractivity contribution < 1.29 is 14.3 Å². The Morgan fingerprint density at radius 3 is 2.95 bits per heavy atom. The molecule has 2 unspecified atom stereocenters. The van der Waals surface area contributed by atoms with E-state index in [0.29, 0.717) is 23.5 Å². The molecule has 2 fully saturated rings. The van der Waals surface area contributed by atoms with Gasteiger partial charge in [0.05, 0.1) is 18.9 Å². The summed E-state index contributed by atoms with van der Waals surface area (Å²) in [7, 11) is 1.54. The Kier molecular flexibility index (Phi) is 3.90. The number of carbonyl (C=O) groups excluding carboxylic acids is 2. The number of nitrogens with zero attached hydrogens (tertiary/aromatic N) is 2. The molecule has 2 heterocycles. The maximum absolute atomic E-state index is 12.8. The Morgan fingerprint density at radius 1 is 1.38 bits per heavy atom. The number of Topliss-reactive ketones (excluding diaryl/α,β-unsaturated/α-hetero) is 1. The van der Waals surface area contributed by atoms with Gasteiger partial charge in [-0.05, 0) is 31.7 Å². The average Bonchev–Trinajstić information content (AvgIpc) is 3.14. The lowest BCUT2D eigenvalue weighted by molar-refractivity contribution is -0.121. The highest BCUT2D eigenvalue weighted by Crippen LogP contribution is 2.34. The normalized spacial score (nSPS) is 25.4. The van der Waals surface area contributed by atoms with Crippen LogP contribution in [0.5, 0.6) is 5.75 Å². The van der Waals surface area contributed by atoms with Gasteiger partial charge in [0.25, 0.3) is 5.91 Å². The van der Waals surface area contributed by atoms with Gasteiger partial charge in [0.15, 0.2) is 0 Å². The van der Waals surface area contributed by atoms with Gasteiger partial charge in [0.2, 0.25) is 0 Å². The largest absolute Gasteiger partial charge is 0.494 e. The number of ether oxygens (including phenoxy) is 1. The van der Waals surface area contributed by atoms with Gasteiger partial charge in [0.1, 0.15) is 11.5 Å². The number of methoxy groups -OCH3 is 1. The fourth-order valence-electron chi connectivity index (χ4n) is 3.59. The molecule has 21 heavy (non-hydrogen) atoms. The van der Waals surface area contributed by atoms with Gasteiger partial charge in [-0.25, -0.2) is 0 Å². The van der Waals surface area contributed by atoms with Crippen LogP contribution in [0.1, 0.15) is 42.5 Å². The number of amides is 1. The predicted octanol–water partition coefficient (Wildman–Crippen LogP) is 2.06. The molecule has 1 aliphatic heterocycles. The third-order valence-corrected chi connectivity index (χ3v) is 4.61. The summed E-state index contributed by atoms with van der Waals surface area (Å²) in [4.78, 5) is 30.7. The molecule has 0 bridgehead atoms. The number of carbonyl (C=O) groups is 2. The van der Waals surface area contributed by atoms with Crippen molar-refractivity contribution in [3.05, 3.63) is 24.0 Å². The highest BCUT2D eigenvalue weighted by atomic mass is 16.5. The molecule has 3 rings (SSSR count). The zero-order chi connectivity index (χ0) is 14.8. The number of ketones is 1. The van der Waals surface area contributed by atoms with E-state index in [1.54, 1.807) is 18.5 Å². The first-order valence-electron chi connectivity index (χ1n) is 7.54. The molecule has 0 spiro atoms. The van der Waals surface area contributed by atoms with E-state index in [-0.39, 0.29) is 17.9 Å². The van der Waals surface area contributed by atoms with Gasteiger partial charge >= 0.3 is 0 Å². The molecule has 2 aliphatic rings. The van der Waals surface area contributed by atoms with E-state index in [1.807, 2.05) is 4.90 Å². The Morgan fingerprint density at radius 2 is 2.24 bits per heavy atom. The van der Waals surface area contributed by atoms with E-state index in [4.69, 9.17) is 4.74 Å². The van der Waals surface area contributed by atoms with Crippen molar-refractivity contribution in [2.24, 2.45) is 5.92 Å². The summed E-state index contributed by atoms with van der Waals surface area (Å²) in [6.45, 7) is 0.721. The molecule has 0 radical (unpaired) electrons. The van der Waals surface area contributed by atoms with E-state index < -0.39 is 0 Å². The van der Waals surface area contributed by atoms with E-state index in [1.165, 1.54) is 7.11 Å². The third kappa shape index (κ3) is 2.52. The number of hydrogen-bond donors (Lipinski definition) is 0. The van der Waals surface area contributed by atoms with E-state index in [0.717, 1.165) is 32.2 Å². The van der Waals surface area contributed by atoms with Crippen LogP contribution in [-0.4, -0.2) is 41.3 Å². The fraction of sp³-hybridized carbons (Fsp3) is 0.562. The van der Waals surface area contributed by atoms with Gasteiger partial charge < -0.3 is 9.64 Å². The van der Waals surface area contributed by atoms with Crippen molar-refractivity contribution in [2.45, 2.75) is 38.1 Å². The van der Waals surface area contributed by atoms with Gasteiger partial charge in [-0.1, -0.05) is 0 Å².